The minimum absolute atomic E-state index is 0.0443. The number of nitrogens with zero attached hydrogens (tertiary/aromatic N) is 1. The Balaban J connectivity index is 1.80. The summed E-state index contributed by atoms with van der Waals surface area (Å²) < 4.78 is 15.8. The predicted molar refractivity (Wildman–Crippen MR) is 103 cm³/mol. The van der Waals surface area contributed by atoms with Crippen molar-refractivity contribution >= 4 is 17.8 Å². The summed E-state index contributed by atoms with van der Waals surface area (Å²) in [7, 11) is 0. The standard InChI is InChI=1S/C21H29NO6/c1-4-26-21(25)17-8-6-10-22(13-17)19(23)14-27-20(24)12-16-7-5-9-18(11-16)28-15(2)3/h5,7,9,11,15,17H,4,6,8,10,12-14H2,1-3H3. The molecule has 1 heterocycles. The van der Waals surface area contributed by atoms with E-state index in [9.17, 15) is 14.4 Å². The maximum Gasteiger partial charge on any atom is 0.310 e. The quantitative estimate of drug-likeness (QED) is 0.633. The van der Waals surface area contributed by atoms with Gasteiger partial charge in [-0.2, -0.15) is 0 Å². The first-order chi connectivity index (χ1) is 13.4. The van der Waals surface area contributed by atoms with Crippen LogP contribution < -0.4 is 4.74 Å². The summed E-state index contributed by atoms with van der Waals surface area (Å²) in [5.41, 5.74) is 0.760. The number of piperidine rings is 1. The van der Waals surface area contributed by atoms with Crippen LogP contribution in [0.5, 0.6) is 5.75 Å². The number of benzene rings is 1. The zero-order valence-corrected chi connectivity index (χ0v) is 16.8. The fourth-order valence-electron chi connectivity index (χ4n) is 3.11. The molecule has 0 spiro atoms. The molecule has 1 aliphatic rings. The number of amides is 1. The van der Waals surface area contributed by atoms with E-state index >= 15 is 0 Å². The van der Waals surface area contributed by atoms with Gasteiger partial charge in [-0.1, -0.05) is 12.1 Å². The lowest BCUT2D eigenvalue weighted by molar-refractivity contribution is -0.156. The molecule has 7 heteroatoms. The molecule has 0 bridgehead atoms. The van der Waals surface area contributed by atoms with Gasteiger partial charge in [-0.3, -0.25) is 14.4 Å². The second-order valence-corrected chi connectivity index (χ2v) is 7.08. The van der Waals surface area contributed by atoms with E-state index in [1.54, 1.807) is 17.9 Å². The molecule has 1 aromatic rings. The van der Waals surface area contributed by atoms with Crippen LogP contribution in [0.4, 0.5) is 0 Å². The van der Waals surface area contributed by atoms with E-state index in [0.717, 1.165) is 12.0 Å². The number of ether oxygens (including phenoxy) is 3. The number of hydrogen-bond acceptors (Lipinski definition) is 6. The molecule has 1 aliphatic heterocycles. The Kier molecular flexibility index (Phi) is 8.29. The van der Waals surface area contributed by atoms with Crippen molar-refractivity contribution < 1.29 is 28.6 Å². The molecule has 0 saturated carbocycles. The molecular weight excluding hydrogens is 362 g/mol. The van der Waals surface area contributed by atoms with E-state index in [1.807, 2.05) is 32.0 Å². The van der Waals surface area contributed by atoms with Crippen LogP contribution >= 0.6 is 0 Å². The molecule has 2 rings (SSSR count). The van der Waals surface area contributed by atoms with E-state index in [2.05, 4.69) is 0 Å². The summed E-state index contributed by atoms with van der Waals surface area (Å²) in [6.07, 6.45) is 1.54. The zero-order chi connectivity index (χ0) is 20.5. The molecule has 1 aromatic carbocycles. The third-order valence-corrected chi connectivity index (χ3v) is 4.37. The van der Waals surface area contributed by atoms with Gasteiger partial charge < -0.3 is 19.1 Å². The van der Waals surface area contributed by atoms with Crippen molar-refractivity contribution in [3.63, 3.8) is 0 Å². The van der Waals surface area contributed by atoms with Gasteiger partial charge in [0.25, 0.3) is 5.91 Å². The van der Waals surface area contributed by atoms with Gasteiger partial charge in [0.2, 0.25) is 0 Å². The minimum Gasteiger partial charge on any atom is -0.491 e. The van der Waals surface area contributed by atoms with Crippen LogP contribution in [0.2, 0.25) is 0 Å². The molecule has 1 unspecified atom stereocenters. The Labute approximate surface area is 165 Å². The number of carbonyl (C=O) groups is 3. The third kappa shape index (κ3) is 6.87. The van der Waals surface area contributed by atoms with Gasteiger partial charge in [0, 0.05) is 13.1 Å². The molecule has 0 N–H and O–H groups in total. The highest BCUT2D eigenvalue weighted by atomic mass is 16.5. The van der Waals surface area contributed by atoms with E-state index in [1.165, 1.54) is 0 Å². The lowest BCUT2D eigenvalue weighted by atomic mass is 9.98. The van der Waals surface area contributed by atoms with Gasteiger partial charge in [0.05, 0.1) is 25.0 Å². The molecule has 0 radical (unpaired) electrons. The number of hydrogen-bond donors (Lipinski definition) is 0. The Morgan fingerprint density at radius 3 is 2.71 bits per heavy atom. The van der Waals surface area contributed by atoms with Gasteiger partial charge in [-0.05, 0) is 51.3 Å². The fraction of sp³-hybridized carbons (Fsp3) is 0.571. The Morgan fingerprint density at radius 1 is 1.21 bits per heavy atom. The molecule has 1 atom stereocenters. The normalized spacial score (nSPS) is 16.6. The second kappa shape index (κ2) is 10.7. The first-order valence-electron chi connectivity index (χ1n) is 9.74. The molecule has 1 fully saturated rings. The van der Waals surface area contributed by atoms with Crippen molar-refractivity contribution in [2.75, 3.05) is 26.3 Å². The third-order valence-electron chi connectivity index (χ3n) is 4.37. The lowest BCUT2D eigenvalue weighted by Gasteiger charge is -2.31. The zero-order valence-electron chi connectivity index (χ0n) is 16.8. The summed E-state index contributed by atoms with van der Waals surface area (Å²) in [5.74, 6) is -0.666. The first-order valence-corrected chi connectivity index (χ1v) is 9.74. The molecule has 0 aromatic heterocycles. The maximum atomic E-state index is 12.3. The number of likely N-dealkylation sites (tertiary alicyclic amines) is 1. The van der Waals surface area contributed by atoms with E-state index in [-0.39, 0.29) is 36.9 Å². The van der Waals surface area contributed by atoms with E-state index in [0.29, 0.717) is 31.9 Å². The van der Waals surface area contributed by atoms with Crippen molar-refractivity contribution in [1.29, 1.82) is 0 Å². The van der Waals surface area contributed by atoms with Crippen molar-refractivity contribution in [3.8, 4) is 5.75 Å². The lowest BCUT2D eigenvalue weighted by Crippen LogP contribution is -2.44. The highest BCUT2D eigenvalue weighted by Gasteiger charge is 2.29. The Morgan fingerprint density at radius 2 is 2.00 bits per heavy atom. The van der Waals surface area contributed by atoms with Crippen LogP contribution in [0.15, 0.2) is 24.3 Å². The van der Waals surface area contributed by atoms with Gasteiger partial charge in [0.1, 0.15) is 5.75 Å². The summed E-state index contributed by atoms with van der Waals surface area (Å²) in [6, 6.07) is 7.24. The number of esters is 2. The van der Waals surface area contributed by atoms with Gasteiger partial charge in [-0.15, -0.1) is 0 Å². The minimum atomic E-state index is -0.478. The second-order valence-electron chi connectivity index (χ2n) is 7.08. The van der Waals surface area contributed by atoms with Crippen LogP contribution in [0.25, 0.3) is 0 Å². The smallest absolute Gasteiger partial charge is 0.310 e. The number of carbonyl (C=O) groups excluding carboxylic acids is 3. The molecular formula is C21H29NO6. The Bertz CT molecular complexity index is 687. The van der Waals surface area contributed by atoms with E-state index < -0.39 is 5.97 Å². The molecule has 28 heavy (non-hydrogen) atoms. The van der Waals surface area contributed by atoms with Crippen LogP contribution in [0, 0.1) is 5.92 Å². The fourth-order valence-corrected chi connectivity index (χ4v) is 3.11. The highest BCUT2D eigenvalue weighted by molar-refractivity contribution is 5.82. The Hall–Kier alpha value is -2.57. The van der Waals surface area contributed by atoms with Crippen LogP contribution in [-0.2, 0) is 30.3 Å². The van der Waals surface area contributed by atoms with Crippen molar-refractivity contribution in [2.24, 2.45) is 5.92 Å². The van der Waals surface area contributed by atoms with Crippen LogP contribution in [0.1, 0.15) is 39.2 Å². The summed E-state index contributed by atoms with van der Waals surface area (Å²) >= 11 is 0. The maximum absolute atomic E-state index is 12.3. The number of rotatable bonds is 8. The van der Waals surface area contributed by atoms with Crippen molar-refractivity contribution in [2.45, 2.75) is 46.1 Å². The van der Waals surface area contributed by atoms with Gasteiger partial charge in [0.15, 0.2) is 6.61 Å². The van der Waals surface area contributed by atoms with Crippen molar-refractivity contribution in [3.05, 3.63) is 29.8 Å². The molecule has 1 saturated heterocycles. The molecule has 0 aliphatic carbocycles. The highest BCUT2D eigenvalue weighted by Crippen LogP contribution is 2.18. The summed E-state index contributed by atoms with van der Waals surface area (Å²) in [4.78, 5) is 37.9. The predicted octanol–water partition coefficient (Wildman–Crippen LogP) is 2.36. The molecule has 154 valence electrons. The average Bonchev–Trinajstić information content (AvgIpc) is 2.66. The van der Waals surface area contributed by atoms with Crippen LogP contribution in [-0.4, -0.2) is 55.2 Å². The SMILES string of the molecule is CCOC(=O)C1CCCN(C(=O)COC(=O)Cc2cccc(OC(C)C)c2)C1. The largest absolute Gasteiger partial charge is 0.491 e. The summed E-state index contributed by atoms with van der Waals surface area (Å²) in [6.45, 7) is 6.48. The summed E-state index contributed by atoms with van der Waals surface area (Å²) in [5, 5.41) is 0. The van der Waals surface area contributed by atoms with Gasteiger partial charge in [-0.25, -0.2) is 0 Å². The van der Waals surface area contributed by atoms with E-state index in [4.69, 9.17) is 14.2 Å². The molecule has 1 amide bonds. The van der Waals surface area contributed by atoms with Gasteiger partial charge >= 0.3 is 11.9 Å². The first kappa shape index (κ1) is 21.7. The molecule has 7 nitrogen and oxygen atoms in total. The topological polar surface area (TPSA) is 82.1 Å². The van der Waals surface area contributed by atoms with Crippen LogP contribution in [0.3, 0.4) is 0 Å². The van der Waals surface area contributed by atoms with Crippen molar-refractivity contribution in [1.82, 2.24) is 4.90 Å². The monoisotopic (exact) mass is 391 g/mol. The average molecular weight is 391 g/mol.